The zero-order chi connectivity index (χ0) is 10.9. The second-order valence-corrected chi connectivity index (χ2v) is 10.4. The van der Waals surface area contributed by atoms with Gasteiger partial charge in [0.1, 0.15) is 0 Å². The first kappa shape index (κ1) is 12.5. The SMILES string of the molecule is Nc1cc([SH](=O)=O)cc(C(Br)(Br)Br)c1. The molecule has 0 radical (unpaired) electrons. The molecule has 0 aliphatic carbocycles. The summed E-state index contributed by atoms with van der Waals surface area (Å²) in [7, 11) is -2.62. The van der Waals surface area contributed by atoms with Crippen molar-refractivity contribution in [3.05, 3.63) is 23.8 Å². The van der Waals surface area contributed by atoms with Crippen LogP contribution in [0.2, 0.25) is 0 Å². The van der Waals surface area contributed by atoms with Crippen molar-refractivity contribution in [2.75, 3.05) is 5.73 Å². The van der Waals surface area contributed by atoms with E-state index in [9.17, 15) is 8.42 Å². The lowest BCUT2D eigenvalue weighted by molar-refractivity contribution is 0.614. The lowest BCUT2D eigenvalue weighted by Crippen LogP contribution is -2.00. The number of alkyl halides is 3. The van der Waals surface area contributed by atoms with Gasteiger partial charge in [-0.25, -0.2) is 8.42 Å². The van der Waals surface area contributed by atoms with Gasteiger partial charge in [-0.2, -0.15) is 0 Å². The molecule has 0 saturated carbocycles. The average Bonchev–Trinajstić information content (AvgIpc) is 2.01. The molecule has 0 atom stereocenters. The zero-order valence-electron chi connectivity index (χ0n) is 6.71. The molecule has 0 fully saturated rings. The van der Waals surface area contributed by atoms with Gasteiger partial charge in [-0.1, -0.05) is 47.8 Å². The van der Waals surface area contributed by atoms with Crippen LogP contribution in [0, 0.1) is 0 Å². The van der Waals surface area contributed by atoms with Crippen LogP contribution in [-0.2, 0) is 12.8 Å². The Kier molecular flexibility index (Phi) is 4.02. The fourth-order valence-electron chi connectivity index (χ4n) is 0.904. The lowest BCUT2D eigenvalue weighted by Gasteiger charge is -2.13. The van der Waals surface area contributed by atoms with Gasteiger partial charge in [0, 0.05) is 5.69 Å². The highest BCUT2D eigenvalue weighted by molar-refractivity contribution is 9.38. The highest BCUT2D eigenvalue weighted by Crippen LogP contribution is 2.45. The number of hydrogen-bond donors (Lipinski definition) is 2. The summed E-state index contributed by atoms with van der Waals surface area (Å²) in [6.07, 6.45) is 0. The fourth-order valence-corrected chi connectivity index (χ4v) is 2.09. The molecule has 0 amide bonds. The Labute approximate surface area is 108 Å². The van der Waals surface area contributed by atoms with Crippen LogP contribution < -0.4 is 5.73 Å². The Morgan fingerprint density at radius 1 is 1.14 bits per heavy atom. The van der Waals surface area contributed by atoms with E-state index in [4.69, 9.17) is 5.73 Å². The molecule has 0 aliphatic heterocycles. The summed E-state index contributed by atoms with van der Waals surface area (Å²) in [6, 6.07) is 4.61. The highest BCUT2D eigenvalue weighted by atomic mass is 80.0. The molecule has 0 heterocycles. The van der Waals surface area contributed by atoms with E-state index in [1.54, 1.807) is 6.07 Å². The zero-order valence-corrected chi connectivity index (χ0v) is 12.4. The first-order valence-corrected chi connectivity index (χ1v) is 6.98. The van der Waals surface area contributed by atoms with Crippen molar-refractivity contribution in [3.8, 4) is 0 Å². The molecule has 0 aromatic heterocycles. The van der Waals surface area contributed by atoms with E-state index in [1.807, 2.05) is 0 Å². The number of nitrogens with two attached hydrogens (primary N) is 1. The third kappa shape index (κ3) is 3.22. The molecule has 7 heteroatoms. The van der Waals surface area contributed by atoms with Crippen LogP contribution in [0.15, 0.2) is 23.1 Å². The van der Waals surface area contributed by atoms with E-state index in [0.29, 0.717) is 11.3 Å². The molecule has 0 bridgehead atoms. The summed E-state index contributed by atoms with van der Waals surface area (Å²) in [5.41, 5.74) is 6.65. The van der Waals surface area contributed by atoms with Crippen LogP contribution in [0.3, 0.4) is 0 Å². The minimum atomic E-state index is -2.62. The maximum absolute atomic E-state index is 10.8. The number of rotatable bonds is 1. The van der Waals surface area contributed by atoms with Gasteiger partial charge in [0.2, 0.25) is 0 Å². The maximum atomic E-state index is 10.8. The summed E-state index contributed by atoms with van der Waals surface area (Å²) in [5, 5.41) is 0. The predicted octanol–water partition coefficient (Wildman–Crippen LogP) is 2.53. The third-order valence-electron chi connectivity index (χ3n) is 1.48. The van der Waals surface area contributed by atoms with Gasteiger partial charge in [-0.15, -0.1) is 0 Å². The molecule has 1 rings (SSSR count). The molecule has 0 aliphatic rings. The van der Waals surface area contributed by atoms with Gasteiger partial charge in [0.15, 0.2) is 12.8 Å². The Bertz CT molecular complexity index is 417. The summed E-state index contributed by atoms with van der Waals surface area (Å²) in [6.45, 7) is 0. The molecule has 0 unspecified atom stereocenters. The summed E-state index contributed by atoms with van der Waals surface area (Å²) < 4.78 is 20.9. The minimum absolute atomic E-state index is 0.192. The molecule has 0 saturated heterocycles. The monoisotopic (exact) mass is 405 g/mol. The minimum Gasteiger partial charge on any atom is -0.399 e. The highest BCUT2D eigenvalue weighted by Gasteiger charge is 2.21. The Hall–Kier alpha value is 0.410. The predicted molar refractivity (Wildman–Crippen MR) is 67.9 cm³/mol. The Balaban J connectivity index is 3.35. The molecule has 1 aromatic rings. The van der Waals surface area contributed by atoms with Crippen LogP contribution in [0.1, 0.15) is 5.56 Å². The summed E-state index contributed by atoms with van der Waals surface area (Å²) in [4.78, 5) is 0.192. The average molecular weight is 408 g/mol. The van der Waals surface area contributed by atoms with Crippen molar-refractivity contribution in [3.63, 3.8) is 0 Å². The van der Waals surface area contributed by atoms with Crippen molar-refractivity contribution < 1.29 is 8.42 Å². The van der Waals surface area contributed by atoms with Crippen LogP contribution >= 0.6 is 47.8 Å². The van der Waals surface area contributed by atoms with E-state index in [2.05, 4.69) is 47.8 Å². The number of thiol groups is 1. The number of anilines is 1. The molecule has 1 aromatic carbocycles. The van der Waals surface area contributed by atoms with Crippen molar-refractivity contribution in [2.24, 2.45) is 0 Å². The van der Waals surface area contributed by atoms with Crippen molar-refractivity contribution in [1.29, 1.82) is 0 Å². The van der Waals surface area contributed by atoms with Gasteiger partial charge in [0.25, 0.3) is 0 Å². The summed E-state index contributed by atoms with van der Waals surface area (Å²) in [5.74, 6) is 0. The second-order valence-electron chi connectivity index (χ2n) is 2.57. The normalized spacial score (nSPS) is 12.0. The van der Waals surface area contributed by atoms with Gasteiger partial charge in [-0.3, -0.25) is 0 Å². The van der Waals surface area contributed by atoms with Gasteiger partial charge < -0.3 is 5.73 Å². The van der Waals surface area contributed by atoms with Crippen LogP contribution in [0.4, 0.5) is 5.69 Å². The first-order chi connectivity index (χ1) is 6.30. The standard InChI is InChI=1S/C7H6Br3NO2S/c8-7(9,10)4-1-5(11)3-6(2-4)14(12)13/h1-3,14H,11H2. The molecular formula is C7H6Br3NO2S. The Morgan fingerprint density at radius 2 is 1.71 bits per heavy atom. The van der Waals surface area contributed by atoms with Crippen molar-refractivity contribution in [1.82, 2.24) is 0 Å². The molecular weight excluding hydrogens is 402 g/mol. The van der Waals surface area contributed by atoms with Crippen LogP contribution in [0.5, 0.6) is 0 Å². The van der Waals surface area contributed by atoms with Gasteiger partial charge >= 0.3 is 0 Å². The largest absolute Gasteiger partial charge is 0.399 e. The molecule has 14 heavy (non-hydrogen) atoms. The first-order valence-electron chi connectivity index (χ1n) is 3.43. The molecule has 78 valence electrons. The maximum Gasteiger partial charge on any atom is 0.168 e. The second kappa shape index (κ2) is 4.51. The van der Waals surface area contributed by atoms with Crippen LogP contribution in [0.25, 0.3) is 0 Å². The van der Waals surface area contributed by atoms with E-state index >= 15 is 0 Å². The van der Waals surface area contributed by atoms with E-state index < -0.39 is 12.8 Å². The molecule has 3 nitrogen and oxygen atoms in total. The van der Waals surface area contributed by atoms with Crippen molar-refractivity contribution >= 4 is 64.2 Å². The number of hydrogen-bond acceptors (Lipinski definition) is 3. The van der Waals surface area contributed by atoms with E-state index in [-0.39, 0.29) is 4.90 Å². The van der Waals surface area contributed by atoms with E-state index in [1.165, 1.54) is 12.1 Å². The van der Waals surface area contributed by atoms with Gasteiger partial charge in [0.05, 0.1) is 4.90 Å². The Morgan fingerprint density at radius 3 is 2.14 bits per heavy atom. The number of benzene rings is 1. The number of nitrogen functional groups attached to an aromatic ring is 1. The van der Waals surface area contributed by atoms with Gasteiger partial charge in [-0.05, 0) is 23.8 Å². The fraction of sp³-hybridized carbons (Fsp3) is 0.143. The topological polar surface area (TPSA) is 60.2 Å². The van der Waals surface area contributed by atoms with Crippen LogP contribution in [-0.4, -0.2) is 8.42 Å². The quantitative estimate of drug-likeness (QED) is 0.427. The number of halogens is 3. The smallest absolute Gasteiger partial charge is 0.168 e. The summed E-state index contributed by atoms with van der Waals surface area (Å²) >= 11 is 9.85. The molecule has 2 N–H and O–H groups in total. The lowest BCUT2D eigenvalue weighted by atomic mass is 10.2. The third-order valence-corrected chi connectivity index (χ3v) is 3.53. The van der Waals surface area contributed by atoms with E-state index in [0.717, 1.165) is 0 Å². The van der Waals surface area contributed by atoms with Crippen molar-refractivity contribution in [2.45, 2.75) is 7.04 Å². The molecule has 0 spiro atoms.